The Morgan fingerprint density at radius 3 is 2.33 bits per heavy atom. The van der Waals surface area contributed by atoms with Gasteiger partial charge in [0.2, 0.25) is 0 Å². The quantitative estimate of drug-likeness (QED) is 0.562. The van der Waals surface area contributed by atoms with E-state index < -0.39 is 0 Å². The summed E-state index contributed by atoms with van der Waals surface area (Å²) in [6, 6.07) is 3.86. The van der Waals surface area contributed by atoms with Gasteiger partial charge in [0.25, 0.3) is 0 Å². The number of benzene rings is 1. The lowest BCUT2D eigenvalue weighted by Crippen LogP contribution is -2.16. The Balaban J connectivity index is 2.08. The molecule has 15 heavy (non-hydrogen) atoms. The van der Waals surface area contributed by atoms with Crippen molar-refractivity contribution in [2.24, 2.45) is 0 Å². The molecule has 1 atom stereocenters. The molecule has 0 radical (unpaired) electrons. The second-order valence-electron chi connectivity index (χ2n) is 3.73. The maximum Gasteiger partial charge on any atom is 0.123 e. The molecule has 0 spiro atoms. The molecule has 1 aliphatic heterocycles. The van der Waals surface area contributed by atoms with Crippen LogP contribution in [0.3, 0.4) is 0 Å². The van der Waals surface area contributed by atoms with Gasteiger partial charge in [-0.25, -0.2) is 0 Å². The van der Waals surface area contributed by atoms with Crippen LogP contribution in [0.15, 0.2) is 25.6 Å². The van der Waals surface area contributed by atoms with Crippen molar-refractivity contribution in [2.75, 3.05) is 13.2 Å². The molecule has 0 aromatic heterocycles. The van der Waals surface area contributed by atoms with E-state index in [0.717, 1.165) is 25.8 Å². The van der Waals surface area contributed by atoms with Crippen molar-refractivity contribution >= 4 is 47.8 Å². The summed E-state index contributed by atoms with van der Waals surface area (Å²) in [7, 11) is 0. The average molecular weight is 401 g/mol. The van der Waals surface area contributed by atoms with E-state index in [2.05, 4.69) is 47.8 Å². The maximum atomic E-state index is 5.64. The van der Waals surface area contributed by atoms with E-state index in [1.54, 1.807) is 0 Å². The third-order valence-corrected chi connectivity index (χ3v) is 5.31. The van der Waals surface area contributed by atoms with Crippen LogP contribution in [-0.2, 0) is 4.74 Å². The molecule has 1 fully saturated rings. The van der Waals surface area contributed by atoms with Crippen LogP contribution >= 0.6 is 47.8 Å². The lowest BCUT2D eigenvalue weighted by atomic mass is 10.2. The molecule has 5 heteroatoms. The first-order chi connectivity index (χ1) is 7.00. The van der Waals surface area contributed by atoms with E-state index in [0.29, 0.717) is 6.61 Å². The molecule has 82 valence electrons. The molecule has 0 saturated carbocycles. The fourth-order valence-corrected chi connectivity index (χ4v) is 2.43. The molecule has 2 rings (SSSR count). The van der Waals surface area contributed by atoms with Gasteiger partial charge in [0, 0.05) is 13.4 Å². The zero-order valence-corrected chi connectivity index (χ0v) is 12.8. The van der Waals surface area contributed by atoms with Crippen molar-refractivity contribution in [3.05, 3.63) is 25.6 Å². The molecule has 1 saturated heterocycles. The van der Waals surface area contributed by atoms with Gasteiger partial charge in [0.05, 0.1) is 6.61 Å². The highest BCUT2D eigenvalue weighted by atomic mass is 79.9. The van der Waals surface area contributed by atoms with Crippen molar-refractivity contribution in [1.29, 1.82) is 0 Å². The van der Waals surface area contributed by atoms with Gasteiger partial charge in [-0.15, -0.1) is 0 Å². The minimum Gasteiger partial charge on any atom is -0.490 e. The Morgan fingerprint density at radius 1 is 1.33 bits per heavy atom. The molecule has 1 aliphatic rings. The van der Waals surface area contributed by atoms with Gasteiger partial charge in [-0.1, -0.05) is 0 Å². The van der Waals surface area contributed by atoms with Gasteiger partial charge in [0.1, 0.15) is 18.0 Å². The topological polar surface area (TPSA) is 21.8 Å². The number of hydrogen-bond donors (Lipinski definition) is 0. The summed E-state index contributed by atoms with van der Waals surface area (Å²) >= 11 is 10.3. The number of hydrogen-bond acceptors (Lipinski definition) is 2. The smallest absolute Gasteiger partial charge is 0.123 e. The summed E-state index contributed by atoms with van der Waals surface area (Å²) in [5.74, 6) is 0.827. The highest BCUT2D eigenvalue weighted by molar-refractivity contribution is 9.14. The summed E-state index contributed by atoms with van der Waals surface area (Å²) in [4.78, 5) is 0. The summed E-state index contributed by atoms with van der Waals surface area (Å²) in [6.07, 6.45) is 0. The van der Waals surface area contributed by atoms with E-state index in [4.69, 9.17) is 9.47 Å². The van der Waals surface area contributed by atoms with Gasteiger partial charge in [-0.2, -0.15) is 0 Å². The van der Waals surface area contributed by atoms with E-state index in [1.807, 2.05) is 19.1 Å². The third-order valence-electron chi connectivity index (χ3n) is 2.14. The first-order valence-electron chi connectivity index (χ1n) is 4.41. The summed E-state index contributed by atoms with van der Waals surface area (Å²) in [6.45, 7) is 3.41. The Morgan fingerprint density at radius 2 is 1.87 bits per heavy atom. The monoisotopic (exact) mass is 398 g/mol. The summed E-state index contributed by atoms with van der Waals surface area (Å²) in [5.41, 5.74) is -0.0774. The zero-order chi connectivity index (χ0) is 11.1. The third kappa shape index (κ3) is 2.96. The second kappa shape index (κ2) is 4.35. The Hall–Kier alpha value is 0.420. The summed E-state index contributed by atoms with van der Waals surface area (Å²) < 4.78 is 13.8. The lowest BCUT2D eigenvalue weighted by Gasteiger charge is -2.10. The van der Waals surface area contributed by atoms with Crippen LogP contribution < -0.4 is 4.74 Å². The summed E-state index contributed by atoms with van der Waals surface area (Å²) in [5, 5.41) is 0. The maximum absolute atomic E-state index is 5.64. The Bertz CT molecular complexity index is 365. The fraction of sp³-hybridized carbons (Fsp3) is 0.400. The van der Waals surface area contributed by atoms with Gasteiger partial charge >= 0.3 is 0 Å². The Kier molecular flexibility index (Phi) is 3.45. The normalized spacial score (nSPS) is 24.0. The highest BCUT2D eigenvalue weighted by Crippen LogP contribution is 2.36. The standard InChI is InChI=1S/C10H9Br3O2/c1-10(5-15-10)4-14-6-2-7(11)9(13)8(12)3-6/h2-3H,4-5H2,1H3. The van der Waals surface area contributed by atoms with Crippen LogP contribution in [0.1, 0.15) is 6.92 Å². The molecule has 0 N–H and O–H groups in total. The molecule has 0 amide bonds. The van der Waals surface area contributed by atoms with Gasteiger partial charge in [0.15, 0.2) is 0 Å². The predicted molar refractivity (Wildman–Crippen MR) is 69.4 cm³/mol. The molecular weight excluding hydrogens is 392 g/mol. The first-order valence-corrected chi connectivity index (χ1v) is 6.79. The van der Waals surface area contributed by atoms with Crippen LogP contribution in [0.5, 0.6) is 5.75 Å². The van der Waals surface area contributed by atoms with Crippen LogP contribution in [0.25, 0.3) is 0 Å². The minimum atomic E-state index is -0.0774. The van der Waals surface area contributed by atoms with Crippen molar-refractivity contribution in [3.8, 4) is 5.75 Å². The molecule has 0 bridgehead atoms. The lowest BCUT2D eigenvalue weighted by molar-refractivity contribution is 0.202. The van der Waals surface area contributed by atoms with Crippen LogP contribution in [-0.4, -0.2) is 18.8 Å². The van der Waals surface area contributed by atoms with Crippen LogP contribution in [0.4, 0.5) is 0 Å². The molecule has 0 aliphatic carbocycles. The predicted octanol–water partition coefficient (Wildman–Crippen LogP) is 4.14. The number of ether oxygens (including phenoxy) is 2. The van der Waals surface area contributed by atoms with Gasteiger partial charge < -0.3 is 9.47 Å². The molecule has 1 unspecified atom stereocenters. The minimum absolute atomic E-state index is 0.0774. The SMILES string of the molecule is CC1(COc2cc(Br)c(Br)c(Br)c2)CO1. The first kappa shape index (κ1) is 11.9. The van der Waals surface area contributed by atoms with Gasteiger partial charge in [-0.05, 0) is 66.8 Å². The zero-order valence-electron chi connectivity index (χ0n) is 8.02. The molecule has 1 aromatic rings. The Labute approximate surface area is 114 Å². The molecule has 2 nitrogen and oxygen atoms in total. The average Bonchev–Trinajstić information content (AvgIpc) is 2.90. The molecular formula is C10H9Br3O2. The molecule has 1 heterocycles. The van der Waals surface area contributed by atoms with E-state index in [1.165, 1.54) is 0 Å². The number of rotatable bonds is 3. The van der Waals surface area contributed by atoms with Crippen molar-refractivity contribution in [3.63, 3.8) is 0 Å². The van der Waals surface area contributed by atoms with Gasteiger partial charge in [-0.3, -0.25) is 0 Å². The van der Waals surface area contributed by atoms with Crippen molar-refractivity contribution in [1.82, 2.24) is 0 Å². The number of epoxide rings is 1. The van der Waals surface area contributed by atoms with Crippen LogP contribution in [0.2, 0.25) is 0 Å². The van der Waals surface area contributed by atoms with E-state index >= 15 is 0 Å². The molecule has 1 aromatic carbocycles. The fourth-order valence-electron chi connectivity index (χ4n) is 1.06. The number of halogens is 3. The van der Waals surface area contributed by atoms with Crippen molar-refractivity contribution in [2.45, 2.75) is 12.5 Å². The largest absolute Gasteiger partial charge is 0.490 e. The highest BCUT2D eigenvalue weighted by Gasteiger charge is 2.40. The van der Waals surface area contributed by atoms with Crippen molar-refractivity contribution < 1.29 is 9.47 Å². The second-order valence-corrected chi connectivity index (χ2v) is 6.23. The van der Waals surface area contributed by atoms with Crippen LogP contribution in [0, 0.1) is 0 Å². The van der Waals surface area contributed by atoms with E-state index in [-0.39, 0.29) is 5.60 Å². The van der Waals surface area contributed by atoms with E-state index in [9.17, 15) is 0 Å².